The van der Waals surface area contributed by atoms with Gasteiger partial charge in [-0.1, -0.05) is 252 Å². The summed E-state index contributed by atoms with van der Waals surface area (Å²) in [6, 6.07) is 53.2. The summed E-state index contributed by atoms with van der Waals surface area (Å²) in [6.45, 7) is 29.1. The van der Waals surface area contributed by atoms with E-state index in [-0.39, 0.29) is 61.6 Å². The van der Waals surface area contributed by atoms with Crippen LogP contribution in [-0.2, 0) is 36.5 Å². The molecule has 2 aliphatic carbocycles. The number of aryl methyl sites for hydroxylation is 2. The number of carbonyl (C=O) groups excluding carboxylic acids is 4. The van der Waals surface area contributed by atoms with Crippen molar-refractivity contribution in [3.8, 4) is 0 Å². The number of para-hydroxylation sites is 2. The van der Waals surface area contributed by atoms with Gasteiger partial charge in [0.1, 0.15) is 11.4 Å². The van der Waals surface area contributed by atoms with Gasteiger partial charge in [0.2, 0.25) is 11.6 Å². The largest absolute Gasteiger partial charge is 0.741 e. The second kappa shape index (κ2) is 29.7. The van der Waals surface area contributed by atoms with Crippen LogP contribution in [0.25, 0.3) is 0 Å². The summed E-state index contributed by atoms with van der Waals surface area (Å²) < 4.78 is 58.9. The minimum atomic E-state index is -6.09. The summed E-state index contributed by atoms with van der Waals surface area (Å²) in [5.74, 6) is -0.384. The second-order valence-electron chi connectivity index (χ2n) is 23.6. The van der Waals surface area contributed by atoms with Crippen LogP contribution in [-0.4, -0.2) is 53.0 Å². The fourth-order valence-electron chi connectivity index (χ4n) is 7.72. The first-order valence-corrected chi connectivity index (χ1v) is 28.0. The van der Waals surface area contributed by atoms with Crippen LogP contribution in [0.1, 0.15) is 126 Å². The van der Waals surface area contributed by atoms with E-state index in [1.807, 2.05) is 163 Å². The maximum absolute atomic E-state index is 13.3. The molecular formula is C69H74CoF3N2O7S-. The molecule has 0 amide bonds. The van der Waals surface area contributed by atoms with Crippen LogP contribution >= 0.6 is 0 Å². The Balaban J connectivity index is 0.000000316. The third-order valence-electron chi connectivity index (χ3n) is 12.5. The quantitative estimate of drug-likeness (QED) is 0.0697. The molecule has 0 heterocycles. The first kappa shape index (κ1) is 69.8. The number of alkyl halides is 3. The summed E-state index contributed by atoms with van der Waals surface area (Å²) in [5.41, 5.74) is 3.66. The van der Waals surface area contributed by atoms with Gasteiger partial charge in [-0.05, 0) is 83.1 Å². The molecule has 9 nitrogen and oxygen atoms in total. The molecule has 6 aromatic rings. The molecule has 8 rings (SSSR count). The summed E-state index contributed by atoms with van der Waals surface area (Å²) in [7, 11) is -6.09. The Morgan fingerprint density at radius 1 is 0.410 bits per heavy atom. The number of rotatable bonds is 6. The van der Waals surface area contributed by atoms with Gasteiger partial charge in [0.15, 0.2) is 21.7 Å². The van der Waals surface area contributed by atoms with Crippen molar-refractivity contribution in [2.24, 2.45) is 31.6 Å². The van der Waals surface area contributed by atoms with E-state index < -0.39 is 15.6 Å². The molecule has 0 saturated heterocycles. The fourth-order valence-corrected chi connectivity index (χ4v) is 7.72. The monoisotopic (exact) mass is 1190 g/mol. The number of Topliss-reactive ketones (excluding diaryl/α,β-unsaturated/α-hetero) is 2. The standard InChI is InChI=1S/2C27H29NO2.2C7H8.CHF3O3S.Co/c2*1-26(2,3)19-16-21(27(4,5)6)25(30)23(17-19)28-22-15-11-10-14-20(22)24(29)18-12-8-7-9-13-18;2*1-7-5-3-2-4-6-7;2-1(3,4)8(5,6)7;/h2*7-17H,1-6H3;2*2-6H,1H3;(H,5,6,7);/p-1. The van der Waals surface area contributed by atoms with Gasteiger partial charge in [-0.15, -0.1) is 0 Å². The molecular weight excluding hydrogens is 1120 g/mol. The second-order valence-corrected chi connectivity index (χ2v) is 25.0. The Bertz CT molecular complexity index is 3310. The molecule has 0 N–H and O–H groups in total. The maximum atomic E-state index is 13.3. The van der Waals surface area contributed by atoms with Gasteiger partial charge in [-0.2, -0.15) is 13.2 Å². The molecule has 0 atom stereocenters. The first-order valence-electron chi connectivity index (χ1n) is 26.6. The van der Waals surface area contributed by atoms with E-state index in [9.17, 15) is 32.3 Å². The van der Waals surface area contributed by atoms with E-state index in [4.69, 9.17) is 23.0 Å². The number of ketones is 4. The Kier molecular flexibility index (Phi) is 24.9. The summed E-state index contributed by atoms with van der Waals surface area (Å²) in [6.07, 6.45) is 7.73. The van der Waals surface area contributed by atoms with Crippen molar-refractivity contribution in [2.45, 2.75) is 102 Å². The molecule has 83 heavy (non-hydrogen) atoms. The molecule has 0 fully saturated rings. The van der Waals surface area contributed by atoms with Crippen LogP contribution in [0.2, 0.25) is 0 Å². The normalized spacial score (nSPS) is 14.6. The number of aliphatic imine (C=N–C) groups is 2. The summed E-state index contributed by atoms with van der Waals surface area (Å²) in [5, 5.41) is 0. The van der Waals surface area contributed by atoms with Gasteiger partial charge in [0, 0.05) is 50.2 Å². The van der Waals surface area contributed by atoms with E-state index in [2.05, 4.69) is 79.7 Å². The van der Waals surface area contributed by atoms with E-state index >= 15 is 0 Å². The molecule has 14 heteroatoms. The van der Waals surface area contributed by atoms with E-state index in [0.717, 1.165) is 22.3 Å². The molecule has 6 aromatic carbocycles. The number of halogens is 3. The minimum absolute atomic E-state index is 0. The average Bonchev–Trinajstić information content (AvgIpc) is 3.42. The van der Waals surface area contributed by atoms with Gasteiger partial charge < -0.3 is 4.55 Å². The molecule has 0 aromatic heterocycles. The predicted octanol–water partition coefficient (Wildman–Crippen LogP) is 17.1. The van der Waals surface area contributed by atoms with Crippen molar-refractivity contribution in [3.63, 3.8) is 0 Å². The zero-order valence-corrected chi connectivity index (χ0v) is 51.5. The van der Waals surface area contributed by atoms with Crippen molar-refractivity contribution in [1.29, 1.82) is 0 Å². The van der Waals surface area contributed by atoms with Crippen LogP contribution in [0.4, 0.5) is 24.5 Å². The van der Waals surface area contributed by atoms with Crippen molar-refractivity contribution in [2.75, 3.05) is 0 Å². The molecule has 0 saturated carbocycles. The van der Waals surface area contributed by atoms with Gasteiger partial charge >= 0.3 is 5.51 Å². The smallest absolute Gasteiger partial charge is 0.485 e. The Hall–Kier alpha value is -7.49. The van der Waals surface area contributed by atoms with Crippen molar-refractivity contribution in [1.82, 2.24) is 0 Å². The topological polar surface area (TPSA) is 150 Å². The van der Waals surface area contributed by atoms with E-state index in [0.29, 0.717) is 45.1 Å². The fraction of sp³-hybridized carbons (Fsp3) is 0.275. The minimum Gasteiger partial charge on any atom is -0.741 e. The van der Waals surface area contributed by atoms with Crippen LogP contribution in [0.5, 0.6) is 0 Å². The average molecular weight is 1190 g/mol. The third-order valence-corrected chi connectivity index (χ3v) is 13.1. The predicted molar refractivity (Wildman–Crippen MR) is 325 cm³/mol. The Morgan fingerprint density at radius 3 is 0.892 bits per heavy atom. The first-order chi connectivity index (χ1) is 38.0. The van der Waals surface area contributed by atoms with Gasteiger partial charge in [0.05, 0.1) is 11.4 Å². The third kappa shape index (κ3) is 21.3. The SMILES string of the molecule is CC(C)(C)C1=CC(=Nc2ccccc2C(=O)c2ccccc2)C(=O)C(C(C)(C)C)=C1.CC(C)(C)C1=CC(=Nc2ccccc2C(=O)c2ccccc2)C(=O)C(C(C)(C)C)=C1.Cc1ccccc1.Cc1ccccc1.O=S(=O)([O-])C(F)(F)F.[Co]. The summed E-state index contributed by atoms with van der Waals surface area (Å²) in [4.78, 5) is 62.1. The van der Waals surface area contributed by atoms with Crippen LogP contribution in [0.15, 0.2) is 226 Å². The zero-order valence-electron chi connectivity index (χ0n) is 49.6. The number of benzene rings is 6. The van der Waals surface area contributed by atoms with Gasteiger partial charge in [0.25, 0.3) is 0 Å². The molecule has 2 aliphatic rings. The summed E-state index contributed by atoms with van der Waals surface area (Å²) >= 11 is 0. The van der Waals surface area contributed by atoms with Crippen molar-refractivity contribution >= 4 is 56.0 Å². The molecule has 1 radical (unpaired) electrons. The Labute approximate surface area is 499 Å². The number of allylic oxidation sites excluding steroid dienone is 8. The number of hydrogen-bond donors (Lipinski definition) is 0. The van der Waals surface area contributed by atoms with Gasteiger partial charge in [-0.25, -0.2) is 18.4 Å². The maximum Gasteiger partial charge on any atom is 0.485 e. The van der Waals surface area contributed by atoms with E-state index in [1.54, 1.807) is 48.5 Å². The molecule has 0 unspecified atom stereocenters. The molecule has 439 valence electrons. The van der Waals surface area contributed by atoms with Crippen LogP contribution < -0.4 is 0 Å². The number of carbonyl (C=O) groups is 4. The van der Waals surface area contributed by atoms with Crippen molar-refractivity contribution < 1.29 is 62.1 Å². The number of hydrogen-bond acceptors (Lipinski definition) is 9. The molecule has 0 spiro atoms. The zero-order chi connectivity index (χ0) is 61.4. The molecule has 0 bridgehead atoms. The number of nitrogens with zero attached hydrogens (tertiary/aromatic N) is 2. The van der Waals surface area contributed by atoms with Gasteiger partial charge in [-0.3, -0.25) is 19.2 Å². The van der Waals surface area contributed by atoms with Crippen molar-refractivity contribution in [3.05, 3.63) is 250 Å². The molecule has 0 aliphatic heterocycles. The van der Waals surface area contributed by atoms with Crippen LogP contribution in [0, 0.1) is 35.5 Å². The van der Waals surface area contributed by atoms with E-state index in [1.165, 1.54) is 11.1 Å². The van der Waals surface area contributed by atoms with Crippen LogP contribution in [0.3, 0.4) is 0 Å². The Morgan fingerprint density at radius 2 is 0.663 bits per heavy atom.